The molecule has 1 saturated carbocycles. The van der Waals surface area contributed by atoms with Gasteiger partial charge in [0.2, 0.25) is 0 Å². The van der Waals surface area contributed by atoms with Crippen LogP contribution in [0.1, 0.15) is 25.7 Å². The van der Waals surface area contributed by atoms with Gasteiger partial charge in [0.05, 0.1) is 0 Å². The fourth-order valence-electron chi connectivity index (χ4n) is 2.30. The van der Waals surface area contributed by atoms with E-state index >= 15 is 0 Å². The standard InChI is InChI=1S/C10H18N2S/c1-11-10(13)12-6-2-3-9(7-12)8-4-5-8/h8-9H,2-7H2,1H3,(H,11,13). The van der Waals surface area contributed by atoms with Crippen molar-refractivity contribution in [1.29, 1.82) is 0 Å². The predicted octanol–water partition coefficient (Wildman–Crippen LogP) is 1.61. The first-order valence-corrected chi connectivity index (χ1v) is 5.68. The van der Waals surface area contributed by atoms with Crippen LogP contribution in [0.3, 0.4) is 0 Å². The van der Waals surface area contributed by atoms with Crippen molar-refractivity contribution in [3.63, 3.8) is 0 Å². The second kappa shape index (κ2) is 3.82. The average Bonchev–Trinajstić information content (AvgIpc) is 3.00. The van der Waals surface area contributed by atoms with Crippen molar-refractivity contribution in [3.05, 3.63) is 0 Å². The van der Waals surface area contributed by atoms with Gasteiger partial charge in [-0.3, -0.25) is 0 Å². The minimum absolute atomic E-state index is 0.931. The van der Waals surface area contributed by atoms with E-state index in [-0.39, 0.29) is 0 Å². The average molecular weight is 198 g/mol. The van der Waals surface area contributed by atoms with Crippen LogP contribution >= 0.6 is 12.2 Å². The largest absolute Gasteiger partial charge is 0.366 e. The molecule has 74 valence electrons. The lowest BCUT2D eigenvalue weighted by Gasteiger charge is -2.34. The highest BCUT2D eigenvalue weighted by atomic mass is 32.1. The van der Waals surface area contributed by atoms with Gasteiger partial charge in [-0.1, -0.05) is 0 Å². The third-order valence-electron chi connectivity index (χ3n) is 3.25. The Bertz CT molecular complexity index is 201. The monoisotopic (exact) mass is 198 g/mol. The first kappa shape index (κ1) is 9.25. The summed E-state index contributed by atoms with van der Waals surface area (Å²) in [5, 5.41) is 4.01. The molecule has 1 N–H and O–H groups in total. The van der Waals surface area contributed by atoms with Crippen molar-refractivity contribution < 1.29 is 0 Å². The molecule has 2 rings (SSSR count). The molecule has 0 aromatic carbocycles. The lowest BCUT2D eigenvalue weighted by Crippen LogP contribution is -2.44. The van der Waals surface area contributed by atoms with Crippen molar-refractivity contribution >= 4 is 17.3 Å². The number of hydrogen-bond acceptors (Lipinski definition) is 1. The molecule has 0 spiro atoms. The van der Waals surface area contributed by atoms with E-state index in [1.54, 1.807) is 0 Å². The summed E-state index contributed by atoms with van der Waals surface area (Å²) in [6.07, 6.45) is 5.67. The third-order valence-corrected chi connectivity index (χ3v) is 3.71. The van der Waals surface area contributed by atoms with Gasteiger partial charge in [-0.15, -0.1) is 0 Å². The summed E-state index contributed by atoms with van der Waals surface area (Å²) in [6, 6.07) is 0. The van der Waals surface area contributed by atoms with E-state index < -0.39 is 0 Å². The Hall–Kier alpha value is -0.310. The van der Waals surface area contributed by atoms with Gasteiger partial charge >= 0.3 is 0 Å². The number of piperidine rings is 1. The van der Waals surface area contributed by atoms with Gasteiger partial charge in [0, 0.05) is 20.1 Å². The molecule has 13 heavy (non-hydrogen) atoms. The Morgan fingerprint density at radius 3 is 2.69 bits per heavy atom. The molecule has 0 radical (unpaired) electrons. The first-order valence-electron chi connectivity index (χ1n) is 5.28. The fraction of sp³-hybridized carbons (Fsp3) is 0.900. The number of hydrogen-bond donors (Lipinski definition) is 1. The van der Waals surface area contributed by atoms with E-state index in [4.69, 9.17) is 12.2 Å². The molecule has 3 heteroatoms. The van der Waals surface area contributed by atoms with Gasteiger partial charge < -0.3 is 10.2 Å². The summed E-state index contributed by atoms with van der Waals surface area (Å²) < 4.78 is 0. The maximum atomic E-state index is 5.25. The summed E-state index contributed by atoms with van der Waals surface area (Å²) in [5.74, 6) is 1.96. The van der Waals surface area contributed by atoms with Crippen LogP contribution in [0.25, 0.3) is 0 Å². The van der Waals surface area contributed by atoms with Crippen LogP contribution < -0.4 is 5.32 Å². The lowest BCUT2D eigenvalue weighted by molar-refractivity contribution is 0.236. The molecule has 1 aliphatic heterocycles. The van der Waals surface area contributed by atoms with Crippen molar-refractivity contribution in [1.82, 2.24) is 10.2 Å². The number of nitrogens with one attached hydrogen (secondary N) is 1. The van der Waals surface area contributed by atoms with E-state index in [9.17, 15) is 0 Å². The van der Waals surface area contributed by atoms with Crippen molar-refractivity contribution in [2.45, 2.75) is 25.7 Å². The highest BCUT2D eigenvalue weighted by Gasteiger charge is 2.34. The fourth-order valence-corrected chi connectivity index (χ4v) is 2.47. The smallest absolute Gasteiger partial charge is 0.168 e. The van der Waals surface area contributed by atoms with Crippen LogP contribution in [0.4, 0.5) is 0 Å². The summed E-state index contributed by atoms with van der Waals surface area (Å²) >= 11 is 5.25. The molecule has 2 aliphatic rings. The van der Waals surface area contributed by atoms with E-state index in [0.29, 0.717) is 0 Å². The zero-order valence-electron chi connectivity index (χ0n) is 8.25. The van der Waals surface area contributed by atoms with Crippen molar-refractivity contribution in [3.8, 4) is 0 Å². The Labute approximate surface area is 85.7 Å². The second-order valence-corrected chi connectivity index (χ2v) is 4.63. The van der Waals surface area contributed by atoms with Gasteiger partial charge in [-0.2, -0.15) is 0 Å². The van der Waals surface area contributed by atoms with Crippen LogP contribution in [0.15, 0.2) is 0 Å². The molecule has 1 atom stereocenters. The molecule has 1 aliphatic carbocycles. The lowest BCUT2D eigenvalue weighted by atomic mass is 9.94. The Morgan fingerprint density at radius 1 is 1.31 bits per heavy atom. The van der Waals surface area contributed by atoms with E-state index in [1.165, 1.54) is 32.2 Å². The van der Waals surface area contributed by atoms with Crippen LogP contribution in [0.5, 0.6) is 0 Å². The molecule has 0 aromatic heterocycles. The third kappa shape index (κ3) is 2.13. The molecule has 0 aromatic rings. The maximum absolute atomic E-state index is 5.25. The van der Waals surface area contributed by atoms with Crippen LogP contribution in [-0.2, 0) is 0 Å². The Balaban J connectivity index is 1.87. The first-order chi connectivity index (χ1) is 6.31. The molecule has 1 heterocycles. The van der Waals surface area contributed by atoms with Crippen molar-refractivity contribution in [2.24, 2.45) is 11.8 Å². The Kier molecular flexibility index (Phi) is 2.72. The molecule has 1 unspecified atom stereocenters. The van der Waals surface area contributed by atoms with E-state index in [0.717, 1.165) is 23.5 Å². The van der Waals surface area contributed by atoms with Crippen LogP contribution in [0, 0.1) is 11.8 Å². The minimum Gasteiger partial charge on any atom is -0.366 e. The SMILES string of the molecule is CNC(=S)N1CCCC(C2CC2)C1. The summed E-state index contributed by atoms with van der Waals surface area (Å²) in [6.45, 7) is 2.35. The molecule has 1 saturated heterocycles. The highest BCUT2D eigenvalue weighted by Crippen LogP contribution is 2.40. The summed E-state index contributed by atoms with van der Waals surface area (Å²) in [7, 11) is 1.92. The van der Waals surface area contributed by atoms with Gasteiger partial charge in [0.25, 0.3) is 0 Å². The van der Waals surface area contributed by atoms with Gasteiger partial charge in [0.1, 0.15) is 0 Å². The maximum Gasteiger partial charge on any atom is 0.168 e. The molecule has 2 nitrogen and oxygen atoms in total. The van der Waals surface area contributed by atoms with Gasteiger partial charge in [-0.05, 0) is 49.7 Å². The van der Waals surface area contributed by atoms with E-state index in [1.807, 2.05) is 7.05 Å². The molecular weight excluding hydrogens is 180 g/mol. The molecule has 0 amide bonds. The second-order valence-electron chi connectivity index (χ2n) is 4.24. The molecule has 0 bridgehead atoms. The van der Waals surface area contributed by atoms with Crippen molar-refractivity contribution in [2.75, 3.05) is 20.1 Å². The molecule has 2 fully saturated rings. The number of likely N-dealkylation sites (tertiary alicyclic amines) is 1. The van der Waals surface area contributed by atoms with Crippen LogP contribution in [-0.4, -0.2) is 30.1 Å². The Morgan fingerprint density at radius 2 is 2.08 bits per heavy atom. The summed E-state index contributed by atoms with van der Waals surface area (Å²) in [5.41, 5.74) is 0. The van der Waals surface area contributed by atoms with Gasteiger partial charge in [-0.25, -0.2) is 0 Å². The minimum atomic E-state index is 0.931. The van der Waals surface area contributed by atoms with E-state index in [2.05, 4.69) is 10.2 Å². The number of thiocarbonyl (C=S) groups is 1. The van der Waals surface area contributed by atoms with Crippen LogP contribution in [0.2, 0.25) is 0 Å². The topological polar surface area (TPSA) is 15.3 Å². The summed E-state index contributed by atoms with van der Waals surface area (Å²) in [4.78, 5) is 2.34. The normalized spacial score (nSPS) is 28.7. The zero-order valence-corrected chi connectivity index (χ0v) is 9.07. The zero-order chi connectivity index (χ0) is 9.26. The molecular formula is C10H18N2S. The predicted molar refractivity (Wildman–Crippen MR) is 58.7 cm³/mol. The van der Waals surface area contributed by atoms with Gasteiger partial charge in [0.15, 0.2) is 5.11 Å². The highest BCUT2D eigenvalue weighted by molar-refractivity contribution is 7.80. The number of nitrogens with zero attached hydrogens (tertiary/aromatic N) is 1. The number of rotatable bonds is 1. The quantitative estimate of drug-likeness (QED) is 0.645.